The summed E-state index contributed by atoms with van der Waals surface area (Å²) in [7, 11) is 0. The molecule has 64 heavy (non-hydrogen) atoms. The lowest BCUT2D eigenvalue weighted by Crippen LogP contribution is -2.10. The minimum atomic E-state index is -0.0197. The van der Waals surface area contributed by atoms with E-state index >= 15 is 0 Å². The van der Waals surface area contributed by atoms with Gasteiger partial charge in [-0.2, -0.15) is 0 Å². The maximum absolute atomic E-state index is 5.33. The second kappa shape index (κ2) is 15.1. The summed E-state index contributed by atoms with van der Waals surface area (Å²) < 4.78 is 4.93. The first-order chi connectivity index (χ1) is 31.0. The molecule has 0 aliphatic heterocycles. The molecule has 0 bridgehead atoms. The predicted molar refractivity (Wildman–Crippen MR) is 270 cm³/mol. The van der Waals surface area contributed by atoms with Crippen LogP contribution in [0.2, 0.25) is 0 Å². The van der Waals surface area contributed by atoms with Crippen molar-refractivity contribution in [3.8, 4) is 56.4 Å². The Hall–Kier alpha value is -7.56. The molecule has 11 rings (SSSR count). The van der Waals surface area contributed by atoms with E-state index in [2.05, 4.69) is 233 Å². The highest BCUT2D eigenvalue weighted by molar-refractivity contribution is 6.12. The van der Waals surface area contributed by atoms with Gasteiger partial charge in [0.15, 0.2) is 5.82 Å². The van der Waals surface area contributed by atoms with Crippen LogP contribution in [-0.2, 0) is 10.8 Å². The fraction of sp³-hybridized carbons (Fsp3) is 0.133. The Morgan fingerprint density at radius 1 is 0.328 bits per heavy atom. The SMILES string of the molecule is CC(C)(C)c1ccc2c(c1)c1cc(C(C)(C)C)ccc1n2-c1cc(-c2nc(-c3ccccc3)cc(-c3ccccc3)n2)ccc1-c1ccccc1-n1c2ccccc2c2ccccc21. The molecule has 310 valence electrons. The van der Waals surface area contributed by atoms with Crippen molar-refractivity contribution in [2.45, 2.75) is 52.4 Å². The largest absolute Gasteiger partial charge is 0.309 e. The molecule has 3 heterocycles. The van der Waals surface area contributed by atoms with Gasteiger partial charge in [0.2, 0.25) is 0 Å². The van der Waals surface area contributed by atoms with Crippen molar-refractivity contribution in [2.75, 3.05) is 0 Å². The van der Waals surface area contributed by atoms with E-state index in [4.69, 9.17) is 9.97 Å². The normalized spacial score (nSPS) is 12.2. The third-order valence-electron chi connectivity index (χ3n) is 12.9. The minimum Gasteiger partial charge on any atom is -0.309 e. The molecule has 0 saturated carbocycles. The molecule has 0 spiro atoms. The van der Waals surface area contributed by atoms with Crippen molar-refractivity contribution >= 4 is 43.6 Å². The van der Waals surface area contributed by atoms with Crippen LogP contribution in [0, 0.1) is 0 Å². The van der Waals surface area contributed by atoms with Crippen molar-refractivity contribution in [2.24, 2.45) is 0 Å². The van der Waals surface area contributed by atoms with Gasteiger partial charge in [-0.25, -0.2) is 9.97 Å². The summed E-state index contributed by atoms with van der Waals surface area (Å²) in [5, 5.41) is 4.96. The maximum Gasteiger partial charge on any atom is 0.160 e. The van der Waals surface area contributed by atoms with E-state index in [-0.39, 0.29) is 10.8 Å². The molecule has 0 fully saturated rings. The number of benzene rings is 8. The topological polar surface area (TPSA) is 35.6 Å². The van der Waals surface area contributed by atoms with Crippen molar-refractivity contribution in [1.29, 1.82) is 0 Å². The maximum atomic E-state index is 5.33. The quantitative estimate of drug-likeness (QED) is 0.167. The molecule has 0 aliphatic carbocycles. The number of para-hydroxylation sites is 3. The van der Waals surface area contributed by atoms with E-state index in [1.54, 1.807) is 0 Å². The monoisotopic (exact) mass is 826 g/mol. The zero-order valence-electron chi connectivity index (χ0n) is 37.3. The minimum absolute atomic E-state index is 0.0197. The molecule has 8 aromatic carbocycles. The van der Waals surface area contributed by atoms with Crippen LogP contribution in [0.4, 0.5) is 0 Å². The third kappa shape index (κ3) is 6.69. The van der Waals surface area contributed by atoms with E-state index in [0.717, 1.165) is 61.6 Å². The van der Waals surface area contributed by atoms with E-state index in [9.17, 15) is 0 Å². The molecule has 0 saturated heterocycles. The van der Waals surface area contributed by atoms with Gasteiger partial charge in [0, 0.05) is 49.4 Å². The van der Waals surface area contributed by atoms with Gasteiger partial charge in [-0.3, -0.25) is 0 Å². The number of nitrogens with zero attached hydrogens (tertiary/aromatic N) is 4. The smallest absolute Gasteiger partial charge is 0.160 e. The first-order valence-corrected chi connectivity index (χ1v) is 22.3. The highest BCUT2D eigenvalue weighted by Crippen LogP contribution is 2.44. The number of aromatic nitrogens is 4. The van der Waals surface area contributed by atoms with Crippen LogP contribution in [0.5, 0.6) is 0 Å². The van der Waals surface area contributed by atoms with E-state index in [0.29, 0.717) is 5.82 Å². The zero-order chi connectivity index (χ0) is 43.7. The van der Waals surface area contributed by atoms with Crippen molar-refractivity contribution in [3.63, 3.8) is 0 Å². The Balaban J connectivity index is 1.24. The average molecular weight is 827 g/mol. The van der Waals surface area contributed by atoms with Gasteiger partial charge in [-0.1, -0.05) is 181 Å². The molecule has 0 N–H and O–H groups in total. The summed E-state index contributed by atoms with van der Waals surface area (Å²) in [4.78, 5) is 10.7. The Kier molecular flexibility index (Phi) is 9.25. The van der Waals surface area contributed by atoms with E-state index < -0.39 is 0 Å². The van der Waals surface area contributed by atoms with Gasteiger partial charge in [-0.15, -0.1) is 0 Å². The van der Waals surface area contributed by atoms with Gasteiger partial charge >= 0.3 is 0 Å². The summed E-state index contributed by atoms with van der Waals surface area (Å²) in [5.41, 5.74) is 16.5. The average Bonchev–Trinajstić information content (AvgIpc) is 3.83. The van der Waals surface area contributed by atoms with Gasteiger partial charge in [0.1, 0.15) is 0 Å². The molecular weight excluding hydrogens is 777 g/mol. The Morgan fingerprint density at radius 2 is 0.766 bits per heavy atom. The van der Waals surface area contributed by atoms with Gasteiger partial charge in [0.05, 0.1) is 44.8 Å². The molecule has 0 aliphatic rings. The van der Waals surface area contributed by atoms with Crippen LogP contribution in [0.1, 0.15) is 52.7 Å². The number of hydrogen-bond acceptors (Lipinski definition) is 2. The summed E-state index contributed by atoms with van der Waals surface area (Å²) in [5.74, 6) is 0.675. The van der Waals surface area contributed by atoms with Crippen LogP contribution in [0.25, 0.3) is 100 Å². The highest BCUT2D eigenvalue weighted by Gasteiger charge is 2.25. The number of hydrogen-bond donors (Lipinski definition) is 0. The molecule has 0 unspecified atom stereocenters. The van der Waals surface area contributed by atoms with Gasteiger partial charge in [-0.05, 0) is 76.6 Å². The second-order valence-corrected chi connectivity index (χ2v) is 19.1. The lowest BCUT2D eigenvalue weighted by atomic mass is 9.85. The lowest BCUT2D eigenvalue weighted by molar-refractivity contribution is 0.590. The summed E-state index contributed by atoms with van der Waals surface area (Å²) in [6.45, 7) is 13.8. The van der Waals surface area contributed by atoms with Gasteiger partial charge in [0.25, 0.3) is 0 Å². The fourth-order valence-corrected chi connectivity index (χ4v) is 9.47. The Labute approximate surface area is 375 Å². The van der Waals surface area contributed by atoms with Crippen molar-refractivity contribution < 1.29 is 0 Å². The Morgan fingerprint density at radius 3 is 1.30 bits per heavy atom. The standard InChI is InChI=1S/C60H50N4/c1-59(2,3)42-30-33-55-48(36-42)49-37-43(60(4,5)6)31-34-56(49)64(55)57-35-41(58-61-50(39-19-9-7-10-20-39)38-51(62-58)40-21-11-8-12-22-40)29-32-47(57)46-25-15-18-28-54(46)63-52-26-16-13-23-44(52)45-24-14-17-27-53(45)63/h7-38H,1-6H3. The first-order valence-electron chi connectivity index (χ1n) is 22.3. The third-order valence-corrected chi connectivity index (χ3v) is 12.9. The lowest BCUT2D eigenvalue weighted by Gasteiger charge is -2.21. The van der Waals surface area contributed by atoms with Crippen molar-refractivity contribution in [1.82, 2.24) is 19.1 Å². The number of rotatable bonds is 6. The van der Waals surface area contributed by atoms with Crippen molar-refractivity contribution in [3.05, 3.63) is 205 Å². The second-order valence-electron chi connectivity index (χ2n) is 19.1. The molecule has 3 aromatic heterocycles. The molecule has 4 nitrogen and oxygen atoms in total. The van der Waals surface area contributed by atoms with Gasteiger partial charge < -0.3 is 9.13 Å². The van der Waals surface area contributed by atoms with Crippen LogP contribution < -0.4 is 0 Å². The first kappa shape index (κ1) is 39.3. The predicted octanol–water partition coefficient (Wildman–Crippen LogP) is 15.9. The zero-order valence-corrected chi connectivity index (χ0v) is 37.3. The van der Waals surface area contributed by atoms with Crippen LogP contribution in [0.15, 0.2) is 194 Å². The van der Waals surface area contributed by atoms with Crippen LogP contribution in [0.3, 0.4) is 0 Å². The Bertz CT molecular complexity index is 3380. The number of fused-ring (bicyclic) bond motifs is 6. The summed E-state index contributed by atoms with van der Waals surface area (Å²) in [6, 6.07) is 70.3. The summed E-state index contributed by atoms with van der Waals surface area (Å²) >= 11 is 0. The van der Waals surface area contributed by atoms with E-state index in [1.165, 1.54) is 43.7 Å². The molecule has 0 atom stereocenters. The van der Waals surface area contributed by atoms with E-state index in [1.807, 2.05) is 12.1 Å². The molecule has 11 aromatic rings. The van der Waals surface area contributed by atoms with Crippen LogP contribution >= 0.6 is 0 Å². The summed E-state index contributed by atoms with van der Waals surface area (Å²) in [6.07, 6.45) is 0. The fourth-order valence-electron chi connectivity index (χ4n) is 9.47. The molecule has 0 radical (unpaired) electrons. The molecule has 0 amide bonds. The van der Waals surface area contributed by atoms with Crippen LogP contribution in [-0.4, -0.2) is 19.1 Å². The molecule has 4 heteroatoms. The highest BCUT2D eigenvalue weighted by atomic mass is 15.0. The molecular formula is C60H50N4.